The molecule has 0 saturated heterocycles. The minimum Gasteiger partial charge on any atom is -0.294 e. The van der Waals surface area contributed by atoms with Crippen LogP contribution in [0.15, 0.2) is 146 Å². The first-order chi connectivity index (χ1) is 22.6. The van der Waals surface area contributed by atoms with Crippen molar-refractivity contribution < 1.29 is 4.79 Å². The van der Waals surface area contributed by atoms with Crippen LogP contribution >= 0.6 is 0 Å². The van der Waals surface area contributed by atoms with Gasteiger partial charge in [-0.15, -0.1) is 0 Å². The molecule has 2 aromatic heterocycles. The molecule has 0 bridgehead atoms. The molecule has 0 radical (unpaired) electrons. The van der Waals surface area contributed by atoms with Gasteiger partial charge < -0.3 is 0 Å². The summed E-state index contributed by atoms with van der Waals surface area (Å²) in [5, 5.41) is 0. The van der Waals surface area contributed by atoms with Gasteiger partial charge in [0, 0.05) is 47.5 Å². The molecule has 2 heterocycles. The zero-order valence-electron chi connectivity index (χ0n) is 27.4. The second-order valence-electron chi connectivity index (χ2n) is 9.40. The van der Waals surface area contributed by atoms with Crippen LogP contribution < -0.4 is 9.80 Å². The number of para-hydroxylation sites is 4. The quantitative estimate of drug-likeness (QED) is 0.166. The van der Waals surface area contributed by atoms with E-state index in [1.165, 1.54) is 6.92 Å². The third-order valence-electron chi connectivity index (χ3n) is 6.27. The summed E-state index contributed by atoms with van der Waals surface area (Å²) >= 11 is 0. The highest BCUT2D eigenvalue weighted by Gasteiger charge is 2.15. The van der Waals surface area contributed by atoms with Crippen molar-refractivity contribution in [1.29, 1.82) is 0 Å². The molecular weight excluding hydrogens is 568 g/mol. The average Bonchev–Trinajstić information content (AvgIpc) is 3.13. The zero-order valence-corrected chi connectivity index (χ0v) is 27.4. The number of aryl methyl sites for hydroxylation is 1. The molecule has 0 unspecified atom stereocenters. The van der Waals surface area contributed by atoms with Gasteiger partial charge in [-0.1, -0.05) is 100 Å². The molecule has 234 valence electrons. The Morgan fingerprint density at radius 1 is 0.457 bits per heavy atom. The Balaban J connectivity index is 0.000000227. The van der Waals surface area contributed by atoms with Crippen molar-refractivity contribution in [2.24, 2.45) is 0 Å². The molecule has 46 heavy (non-hydrogen) atoms. The lowest BCUT2D eigenvalue weighted by Crippen LogP contribution is -2.13. The Hall–Kier alpha value is -5.69. The van der Waals surface area contributed by atoms with Crippen molar-refractivity contribution in [1.82, 2.24) is 19.9 Å². The SMILES string of the molecule is CC.CC.CC(=O)c1cnc(N(c2ccccc2)c2ccccc2)nc1.Cc1cnc(N(c2ccccc2)c2ccccc2)nc1. The first-order valence-electron chi connectivity index (χ1n) is 15.5. The van der Waals surface area contributed by atoms with Crippen LogP contribution in [-0.2, 0) is 0 Å². The number of hydrogen-bond acceptors (Lipinski definition) is 7. The fourth-order valence-electron chi connectivity index (χ4n) is 4.19. The smallest absolute Gasteiger partial charge is 0.234 e. The molecule has 0 amide bonds. The van der Waals surface area contributed by atoms with Gasteiger partial charge in [0.15, 0.2) is 5.78 Å². The van der Waals surface area contributed by atoms with Crippen LogP contribution in [0.25, 0.3) is 0 Å². The van der Waals surface area contributed by atoms with Crippen LogP contribution in [-0.4, -0.2) is 25.7 Å². The van der Waals surface area contributed by atoms with Gasteiger partial charge in [0.2, 0.25) is 11.9 Å². The maximum atomic E-state index is 11.4. The Morgan fingerprint density at radius 2 is 0.717 bits per heavy atom. The standard InChI is InChI=1S/C18H15N3O.C17H15N3.2C2H6/c1-14(22)15-12-19-18(20-13-15)21(16-8-4-2-5-9-16)17-10-6-3-7-11-17;1-14-12-18-17(19-13-14)20(15-8-4-2-5-9-15)16-10-6-3-7-11-16;2*1-2/h2-13H,1H3;2-13H,1H3;2*1-2H3. The molecular formula is C39H42N6O. The van der Waals surface area contributed by atoms with E-state index in [1.54, 1.807) is 12.4 Å². The van der Waals surface area contributed by atoms with E-state index in [4.69, 9.17) is 0 Å². The molecule has 0 aliphatic heterocycles. The van der Waals surface area contributed by atoms with E-state index < -0.39 is 0 Å². The van der Waals surface area contributed by atoms with E-state index >= 15 is 0 Å². The number of rotatable bonds is 7. The van der Waals surface area contributed by atoms with E-state index in [9.17, 15) is 4.79 Å². The van der Waals surface area contributed by atoms with Crippen molar-refractivity contribution in [3.05, 3.63) is 157 Å². The number of carbonyl (C=O) groups is 1. The number of Topliss-reactive ketones (excluding diaryl/α,β-unsaturated/α-hetero) is 1. The Kier molecular flexibility index (Phi) is 14.3. The molecule has 0 fully saturated rings. The third-order valence-corrected chi connectivity index (χ3v) is 6.27. The van der Waals surface area contributed by atoms with Crippen molar-refractivity contribution >= 4 is 40.4 Å². The first kappa shape index (κ1) is 34.8. The summed E-state index contributed by atoms with van der Waals surface area (Å²) in [4.78, 5) is 32.9. The molecule has 6 aromatic rings. The number of hydrogen-bond donors (Lipinski definition) is 0. The molecule has 0 aliphatic carbocycles. The van der Waals surface area contributed by atoms with E-state index in [1.807, 2.05) is 154 Å². The summed E-state index contributed by atoms with van der Waals surface area (Å²) in [6.07, 6.45) is 6.79. The Bertz CT molecular complexity index is 1600. The molecule has 7 nitrogen and oxygen atoms in total. The number of aromatic nitrogens is 4. The van der Waals surface area contributed by atoms with Crippen molar-refractivity contribution in [3.8, 4) is 0 Å². The normalized spacial score (nSPS) is 9.61. The topological polar surface area (TPSA) is 75.1 Å². The van der Waals surface area contributed by atoms with Crippen LogP contribution in [0.2, 0.25) is 0 Å². The Morgan fingerprint density at radius 3 is 0.978 bits per heavy atom. The summed E-state index contributed by atoms with van der Waals surface area (Å²) in [6, 6.07) is 40.0. The number of ketones is 1. The van der Waals surface area contributed by atoms with Gasteiger partial charge in [-0.3, -0.25) is 14.6 Å². The lowest BCUT2D eigenvalue weighted by Gasteiger charge is -2.22. The predicted octanol–water partition coefficient (Wildman–Crippen LogP) is 10.5. The van der Waals surface area contributed by atoms with E-state index in [-0.39, 0.29) is 5.78 Å². The molecule has 6 rings (SSSR count). The summed E-state index contributed by atoms with van der Waals surface area (Å²) in [6.45, 7) is 11.5. The molecule has 4 aromatic carbocycles. The average molecular weight is 611 g/mol. The minimum atomic E-state index is -0.0440. The number of anilines is 6. The highest BCUT2D eigenvalue weighted by atomic mass is 16.1. The first-order valence-corrected chi connectivity index (χ1v) is 15.5. The van der Waals surface area contributed by atoms with E-state index in [2.05, 4.69) is 44.2 Å². The van der Waals surface area contributed by atoms with Crippen molar-refractivity contribution in [3.63, 3.8) is 0 Å². The fraction of sp³-hybridized carbons (Fsp3) is 0.154. The second-order valence-corrected chi connectivity index (χ2v) is 9.40. The number of benzene rings is 4. The highest BCUT2D eigenvalue weighted by molar-refractivity contribution is 5.93. The number of carbonyl (C=O) groups excluding carboxylic acids is 1. The van der Waals surface area contributed by atoms with E-state index in [0.717, 1.165) is 28.3 Å². The maximum Gasteiger partial charge on any atom is 0.234 e. The maximum absolute atomic E-state index is 11.4. The summed E-state index contributed by atoms with van der Waals surface area (Å²) in [5.41, 5.74) is 5.57. The Labute approximate surface area is 273 Å². The molecule has 0 N–H and O–H groups in total. The van der Waals surface area contributed by atoms with E-state index in [0.29, 0.717) is 17.5 Å². The van der Waals surface area contributed by atoms with Gasteiger partial charge >= 0.3 is 0 Å². The minimum absolute atomic E-state index is 0.0440. The summed E-state index contributed by atoms with van der Waals surface area (Å²) < 4.78 is 0. The molecule has 0 saturated carbocycles. The van der Waals surface area contributed by atoms with Crippen LogP contribution in [0, 0.1) is 6.92 Å². The summed E-state index contributed by atoms with van der Waals surface area (Å²) in [7, 11) is 0. The van der Waals surface area contributed by atoms with Crippen molar-refractivity contribution in [2.75, 3.05) is 9.80 Å². The second kappa shape index (κ2) is 18.9. The lowest BCUT2D eigenvalue weighted by molar-refractivity contribution is 0.101. The monoisotopic (exact) mass is 610 g/mol. The molecule has 0 spiro atoms. The number of nitrogens with zero attached hydrogens (tertiary/aromatic N) is 6. The van der Waals surface area contributed by atoms with Crippen LogP contribution in [0.3, 0.4) is 0 Å². The molecule has 7 heteroatoms. The molecule has 0 aliphatic rings. The third kappa shape index (κ3) is 9.66. The van der Waals surface area contributed by atoms with Gasteiger partial charge in [-0.25, -0.2) is 19.9 Å². The van der Waals surface area contributed by atoms with Gasteiger partial charge in [-0.05, 0) is 67.9 Å². The van der Waals surface area contributed by atoms with Crippen LogP contribution in [0.1, 0.15) is 50.5 Å². The zero-order chi connectivity index (χ0) is 33.1. The highest BCUT2D eigenvalue weighted by Crippen LogP contribution is 2.32. The summed E-state index contributed by atoms with van der Waals surface area (Å²) in [5.74, 6) is 1.16. The van der Waals surface area contributed by atoms with Gasteiger partial charge in [-0.2, -0.15) is 0 Å². The van der Waals surface area contributed by atoms with Crippen LogP contribution in [0.5, 0.6) is 0 Å². The van der Waals surface area contributed by atoms with Crippen molar-refractivity contribution in [2.45, 2.75) is 41.5 Å². The van der Waals surface area contributed by atoms with Gasteiger partial charge in [0.1, 0.15) is 0 Å². The fourth-order valence-corrected chi connectivity index (χ4v) is 4.19. The largest absolute Gasteiger partial charge is 0.294 e. The lowest BCUT2D eigenvalue weighted by atomic mass is 10.2. The molecule has 0 atom stereocenters. The van der Waals surface area contributed by atoms with Gasteiger partial charge in [0.05, 0.1) is 5.56 Å². The predicted molar refractivity (Wildman–Crippen MR) is 191 cm³/mol. The van der Waals surface area contributed by atoms with Gasteiger partial charge in [0.25, 0.3) is 0 Å². The van der Waals surface area contributed by atoms with Crippen LogP contribution in [0.4, 0.5) is 34.6 Å².